The van der Waals surface area contributed by atoms with Gasteiger partial charge in [0.1, 0.15) is 0 Å². The molecule has 1 aromatic heterocycles. The molecular formula is C12H12BrN3O. The quantitative estimate of drug-likeness (QED) is 0.913. The smallest absolute Gasteiger partial charge is 0.251 e. The Bertz CT molecular complexity index is 523. The highest BCUT2D eigenvalue weighted by Crippen LogP contribution is 2.15. The second kappa shape index (κ2) is 5.14. The summed E-state index contributed by atoms with van der Waals surface area (Å²) in [6.07, 6.45) is 3.45. The van der Waals surface area contributed by atoms with Gasteiger partial charge in [0.15, 0.2) is 0 Å². The van der Waals surface area contributed by atoms with Crippen LogP contribution in [-0.4, -0.2) is 16.1 Å². The molecule has 0 spiro atoms. The number of aromatic nitrogens is 2. The van der Waals surface area contributed by atoms with E-state index in [-0.39, 0.29) is 5.91 Å². The third kappa shape index (κ3) is 2.94. The maximum atomic E-state index is 11.9. The second-order valence-electron chi connectivity index (χ2n) is 3.75. The molecular weight excluding hydrogens is 282 g/mol. The molecule has 0 bridgehead atoms. The third-order valence-corrected chi connectivity index (χ3v) is 2.93. The highest BCUT2D eigenvalue weighted by molar-refractivity contribution is 9.10. The maximum Gasteiger partial charge on any atom is 0.251 e. The second-order valence-corrected chi connectivity index (χ2v) is 4.66. The zero-order valence-electron chi connectivity index (χ0n) is 9.33. The van der Waals surface area contributed by atoms with E-state index in [0.717, 1.165) is 15.6 Å². The van der Waals surface area contributed by atoms with Crippen LogP contribution in [-0.2, 0) is 6.54 Å². The summed E-state index contributed by atoms with van der Waals surface area (Å²) in [7, 11) is 0. The fourth-order valence-electron chi connectivity index (χ4n) is 1.53. The summed E-state index contributed by atoms with van der Waals surface area (Å²) in [5.41, 5.74) is 2.59. The van der Waals surface area contributed by atoms with E-state index in [1.807, 2.05) is 25.1 Å². The van der Waals surface area contributed by atoms with Gasteiger partial charge in [-0.2, -0.15) is 5.10 Å². The number of halogens is 1. The van der Waals surface area contributed by atoms with E-state index in [9.17, 15) is 4.79 Å². The van der Waals surface area contributed by atoms with Crippen LogP contribution in [0.1, 0.15) is 21.5 Å². The van der Waals surface area contributed by atoms with Gasteiger partial charge in [0.2, 0.25) is 0 Å². The minimum absolute atomic E-state index is 0.0730. The topological polar surface area (TPSA) is 57.8 Å². The molecule has 0 fully saturated rings. The van der Waals surface area contributed by atoms with Crippen molar-refractivity contribution in [1.82, 2.24) is 15.5 Å². The Hall–Kier alpha value is -1.62. The van der Waals surface area contributed by atoms with Crippen molar-refractivity contribution in [3.05, 3.63) is 51.8 Å². The fraction of sp³-hybridized carbons (Fsp3) is 0.167. The van der Waals surface area contributed by atoms with Crippen LogP contribution in [0.3, 0.4) is 0 Å². The van der Waals surface area contributed by atoms with Crippen LogP contribution in [0.4, 0.5) is 0 Å². The molecule has 0 unspecified atom stereocenters. The number of nitrogens with one attached hydrogen (secondary N) is 2. The van der Waals surface area contributed by atoms with Crippen molar-refractivity contribution in [2.75, 3.05) is 0 Å². The van der Waals surface area contributed by atoms with Gasteiger partial charge in [-0.1, -0.05) is 15.9 Å². The van der Waals surface area contributed by atoms with Crippen molar-refractivity contribution in [2.45, 2.75) is 13.5 Å². The average Bonchev–Trinajstić information content (AvgIpc) is 2.78. The molecule has 0 aliphatic heterocycles. The van der Waals surface area contributed by atoms with Gasteiger partial charge < -0.3 is 5.32 Å². The zero-order chi connectivity index (χ0) is 12.3. The number of aryl methyl sites for hydroxylation is 1. The first-order chi connectivity index (χ1) is 8.16. The number of rotatable bonds is 3. The lowest BCUT2D eigenvalue weighted by Gasteiger charge is -2.06. The van der Waals surface area contributed by atoms with Gasteiger partial charge in [-0.3, -0.25) is 9.89 Å². The highest BCUT2D eigenvalue weighted by Gasteiger charge is 2.08. The van der Waals surface area contributed by atoms with E-state index >= 15 is 0 Å². The minimum Gasteiger partial charge on any atom is -0.348 e. The molecule has 0 aliphatic rings. The molecule has 0 radical (unpaired) electrons. The van der Waals surface area contributed by atoms with E-state index in [1.165, 1.54) is 0 Å². The molecule has 1 heterocycles. The van der Waals surface area contributed by atoms with E-state index < -0.39 is 0 Å². The lowest BCUT2D eigenvalue weighted by molar-refractivity contribution is 0.0950. The molecule has 88 valence electrons. The van der Waals surface area contributed by atoms with Gasteiger partial charge in [-0.25, -0.2) is 0 Å². The zero-order valence-corrected chi connectivity index (χ0v) is 10.9. The van der Waals surface area contributed by atoms with Crippen LogP contribution in [0.2, 0.25) is 0 Å². The van der Waals surface area contributed by atoms with Gasteiger partial charge in [-0.15, -0.1) is 0 Å². The van der Waals surface area contributed by atoms with Gasteiger partial charge in [0.25, 0.3) is 5.91 Å². The molecule has 0 saturated carbocycles. The Balaban J connectivity index is 2.04. The van der Waals surface area contributed by atoms with Crippen LogP contribution in [0.25, 0.3) is 0 Å². The van der Waals surface area contributed by atoms with Crippen LogP contribution >= 0.6 is 15.9 Å². The molecule has 0 aliphatic carbocycles. The largest absolute Gasteiger partial charge is 0.348 e. The van der Waals surface area contributed by atoms with Crippen LogP contribution in [0.15, 0.2) is 35.1 Å². The molecule has 0 saturated heterocycles. The molecule has 4 nitrogen and oxygen atoms in total. The first-order valence-electron chi connectivity index (χ1n) is 5.19. The SMILES string of the molecule is Cc1cc(Br)ccc1C(=O)NCc1cn[nH]c1. The summed E-state index contributed by atoms with van der Waals surface area (Å²) in [5, 5.41) is 9.37. The monoisotopic (exact) mass is 293 g/mol. The van der Waals surface area contributed by atoms with Crippen LogP contribution in [0, 0.1) is 6.92 Å². The first kappa shape index (κ1) is 11.9. The van der Waals surface area contributed by atoms with Crippen molar-refractivity contribution in [3.63, 3.8) is 0 Å². The normalized spacial score (nSPS) is 10.2. The first-order valence-corrected chi connectivity index (χ1v) is 5.98. The summed E-state index contributed by atoms with van der Waals surface area (Å²) in [5.74, 6) is -0.0730. The summed E-state index contributed by atoms with van der Waals surface area (Å²) in [4.78, 5) is 11.9. The lowest BCUT2D eigenvalue weighted by Crippen LogP contribution is -2.23. The molecule has 17 heavy (non-hydrogen) atoms. The molecule has 2 N–H and O–H groups in total. The van der Waals surface area contributed by atoms with Crippen molar-refractivity contribution in [2.24, 2.45) is 0 Å². The van der Waals surface area contributed by atoms with Gasteiger partial charge in [0.05, 0.1) is 6.20 Å². The van der Waals surface area contributed by atoms with E-state index in [2.05, 4.69) is 31.4 Å². The summed E-state index contributed by atoms with van der Waals surface area (Å²) < 4.78 is 0.974. The predicted octanol–water partition coefficient (Wildman–Crippen LogP) is 2.41. The number of benzene rings is 1. The van der Waals surface area contributed by atoms with Crippen molar-refractivity contribution in [3.8, 4) is 0 Å². The Morgan fingerprint density at radius 1 is 1.53 bits per heavy atom. The van der Waals surface area contributed by atoms with Crippen LogP contribution < -0.4 is 5.32 Å². The molecule has 2 aromatic rings. The number of H-pyrrole nitrogens is 1. The Labute approximate surface area is 108 Å². The molecule has 5 heteroatoms. The number of hydrogen-bond donors (Lipinski definition) is 2. The predicted molar refractivity (Wildman–Crippen MR) is 68.6 cm³/mol. The van der Waals surface area contributed by atoms with E-state index in [1.54, 1.807) is 12.4 Å². The minimum atomic E-state index is -0.0730. The van der Waals surface area contributed by atoms with Gasteiger partial charge in [-0.05, 0) is 30.7 Å². The number of hydrogen-bond acceptors (Lipinski definition) is 2. The van der Waals surface area contributed by atoms with E-state index in [4.69, 9.17) is 0 Å². The number of nitrogens with zero attached hydrogens (tertiary/aromatic N) is 1. The Morgan fingerprint density at radius 3 is 3.00 bits per heavy atom. The standard InChI is InChI=1S/C12H12BrN3O/c1-8-4-10(13)2-3-11(8)12(17)14-5-9-6-15-16-7-9/h2-4,6-7H,5H2,1H3,(H,14,17)(H,15,16). The summed E-state index contributed by atoms with van der Waals surface area (Å²) in [6.45, 7) is 2.39. The highest BCUT2D eigenvalue weighted by atomic mass is 79.9. The van der Waals surface area contributed by atoms with Crippen molar-refractivity contribution < 1.29 is 4.79 Å². The fourth-order valence-corrected chi connectivity index (χ4v) is 2.01. The van der Waals surface area contributed by atoms with Crippen molar-refractivity contribution in [1.29, 1.82) is 0 Å². The molecule has 1 aromatic carbocycles. The summed E-state index contributed by atoms with van der Waals surface area (Å²) in [6, 6.07) is 5.59. The van der Waals surface area contributed by atoms with Gasteiger partial charge in [0, 0.05) is 28.3 Å². The average molecular weight is 294 g/mol. The number of carbonyl (C=O) groups excluding carboxylic acids is 1. The maximum absolute atomic E-state index is 11.9. The Morgan fingerprint density at radius 2 is 2.35 bits per heavy atom. The third-order valence-electron chi connectivity index (χ3n) is 2.44. The lowest BCUT2D eigenvalue weighted by atomic mass is 10.1. The molecule has 1 amide bonds. The van der Waals surface area contributed by atoms with Crippen LogP contribution in [0.5, 0.6) is 0 Å². The molecule has 0 atom stereocenters. The Kier molecular flexibility index (Phi) is 3.58. The van der Waals surface area contributed by atoms with Gasteiger partial charge >= 0.3 is 0 Å². The molecule has 2 rings (SSSR count). The van der Waals surface area contributed by atoms with E-state index in [0.29, 0.717) is 12.1 Å². The number of amides is 1. The van der Waals surface area contributed by atoms with Crippen molar-refractivity contribution >= 4 is 21.8 Å². The number of aromatic amines is 1. The number of carbonyl (C=O) groups is 1. The summed E-state index contributed by atoms with van der Waals surface area (Å²) >= 11 is 3.37.